The fraction of sp³-hybridized carbons (Fsp3) is 0.647. The van der Waals surface area contributed by atoms with Crippen LogP contribution in [0.3, 0.4) is 0 Å². The van der Waals surface area contributed by atoms with Crippen LogP contribution < -0.4 is 5.32 Å². The van der Waals surface area contributed by atoms with E-state index >= 15 is 0 Å². The summed E-state index contributed by atoms with van der Waals surface area (Å²) in [6.45, 7) is 4.44. The minimum Gasteiger partial charge on any atom is -0.311 e. The van der Waals surface area contributed by atoms with Crippen molar-refractivity contribution in [2.45, 2.75) is 64.5 Å². The summed E-state index contributed by atoms with van der Waals surface area (Å²) in [5, 5.41) is 3.66. The summed E-state index contributed by atoms with van der Waals surface area (Å²) >= 11 is 0. The number of benzene rings is 1. The van der Waals surface area contributed by atoms with Gasteiger partial charge in [0.2, 0.25) is 0 Å². The summed E-state index contributed by atoms with van der Waals surface area (Å²) in [7, 11) is 0. The van der Waals surface area contributed by atoms with E-state index in [1.165, 1.54) is 32.1 Å². The molecule has 0 amide bonds. The second kappa shape index (κ2) is 7.04. The maximum Gasteiger partial charge on any atom is 0.126 e. The summed E-state index contributed by atoms with van der Waals surface area (Å²) in [4.78, 5) is 0. The van der Waals surface area contributed by atoms with Crippen LogP contribution in [0.5, 0.6) is 0 Å². The number of halogens is 1. The fourth-order valence-electron chi connectivity index (χ4n) is 3.27. The van der Waals surface area contributed by atoms with Crippen LogP contribution in [-0.2, 0) is 6.42 Å². The van der Waals surface area contributed by atoms with Gasteiger partial charge in [-0.15, -0.1) is 0 Å². The van der Waals surface area contributed by atoms with Crippen LogP contribution in [-0.4, -0.2) is 12.1 Å². The maximum absolute atomic E-state index is 13.6. The molecule has 2 rings (SSSR count). The van der Waals surface area contributed by atoms with Gasteiger partial charge in [0.25, 0.3) is 0 Å². The summed E-state index contributed by atoms with van der Waals surface area (Å²) < 4.78 is 13.6. The Balaban J connectivity index is 1.83. The predicted octanol–water partition coefficient (Wildman–Crippen LogP) is 4.32. The van der Waals surface area contributed by atoms with Crippen LogP contribution in [0.4, 0.5) is 4.39 Å². The molecular weight excluding hydrogens is 237 g/mol. The minimum absolute atomic E-state index is 0.0820. The van der Waals surface area contributed by atoms with Crippen molar-refractivity contribution in [2.75, 3.05) is 0 Å². The van der Waals surface area contributed by atoms with Crippen LogP contribution in [0, 0.1) is 11.7 Å². The third kappa shape index (κ3) is 4.31. The zero-order valence-electron chi connectivity index (χ0n) is 12.2. The average Bonchev–Trinajstić information content (AvgIpc) is 2.42. The second-order valence-electron chi connectivity index (χ2n) is 6.05. The summed E-state index contributed by atoms with van der Waals surface area (Å²) in [5.74, 6) is 0.721. The molecule has 0 bridgehead atoms. The van der Waals surface area contributed by atoms with Gasteiger partial charge in [0.1, 0.15) is 5.82 Å². The van der Waals surface area contributed by atoms with E-state index in [2.05, 4.69) is 19.2 Å². The van der Waals surface area contributed by atoms with Crippen molar-refractivity contribution < 1.29 is 4.39 Å². The minimum atomic E-state index is -0.0820. The van der Waals surface area contributed by atoms with Gasteiger partial charge in [-0.1, -0.05) is 37.5 Å². The van der Waals surface area contributed by atoms with E-state index < -0.39 is 0 Å². The van der Waals surface area contributed by atoms with Gasteiger partial charge in [0.15, 0.2) is 0 Å². The van der Waals surface area contributed by atoms with Crippen molar-refractivity contribution >= 4 is 0 Å². The topological polar surface area (TPSA) is 12.0 Å². The van der Waals surface area contributed by atoms with Crippen LogP contribution in [0.25, 0.3) is 0 Å². The zero-order valence-corrected chi connectivity index (χ0v) is 12.2. The number of hydrogen-bond donors (Lipinski definition) is 1. The monoisotopic (exact) mass is 263 g/mol. The van der Waals surface area contributed by atoms with Crippen molar-refractivity contribution in [2.24, 2.45) is 5.92 Å². The van der Waals surface area contributed by atoms with Crippen molar-refractivity contribution in [3.63, 3.8) is 0 Å². The Morgan fingerprint density at radius 3 is 2.53 bits per heavy atom. The lowest BCUT2D eigenvalue weighted by Gasteiger charge is -2.30. The first-order valence-corrected chi connectivity index (χ1v) is 7.66. The molecule has 1 aliphatic rings. The standard InChI is InChI=1S/C17H26FN/c1-13(12-16-10-6-7-11-17(16)18)19-14(2)15-8-4-3-5-9-15/h6-7,10-11,13-15,19H,3-5,8-9,12H2,1-2H3. The molecule has 2 heteroatoms. The highest BCUT2D eigenvalue weighted by Crippen LogP contribution is 2.26. The summed E-state index contributed by atoms with van der Waals surface area (Å²) in [6.07, 6.45) is 7.61. The number of hydrogen-bond acceptors (Lipinski definition) is 1. The molecule has 1 fully saturated rings. The van der Waals surface area contributed by atoms with E-state index in [1.807, 2.05) is 12.1 Å². The maximum atomic E-state index is 13.6. The predicted molar refractivity (Wildman–Crippen MR) is 78.7 cm³/mol. The van der Waals surface area contributed by atoms with Crippen LogP contribution in [0.1, 0.15) is 51.5 Å². The first-order chi connectivity index (χ1) is 9.16. The molecule has 0 aromatic heterocycles. The lowest BCUT2D eigenvalue weighted by Crippen LogP contribution is -2.41. The van der Waals surface area contributed by atoms with Crippen LogP contribution in [0.2, 0.25) is 0 Å². The third-order valence-corrected chi connectivity index (χ3v) is 4.39. The van der Waals surface area contributed by atoms with E-state index in [0.717, 1.165) is 17.9 Å². The van der Waals surface area contributed by atoms with E-state index in [1.54, 1.807) is 12.1 Å². The molecule has 106 valence electrons. The Morgan fingerprint density at radius 2 is 1.84 bits per heavy atom. The molecule has 1 nitrogen and oxygen atoms in total. The molecule has 0 heterocycles. The Kier molecular flexibility index (Phi) is 5.38. The molecule has 1 aliphatic carbocycles. The Bertz CT molecular complexity index is 385. The van der Waals surface area contributed by atoms with Gasteiger partial charge in [0.05, 0.1) is 0 Å². The summed E-state index contributed by atoms with van der Waals surface area (Å²) in [5.41, 5.74) is 0.818. The highest BCUT2D eigenvalue weighted by atomic mass is 19.1. The zero-order chi connectivity index (χ0) is 13.7. The lowest BCUT2D eigenvalue weighted by molar-refractivity contribution is 0.266. The quantitative estimate of drug-likeness (QED) is 0.834. The first-order valence-electron chi connectivity index (χ1n) is 7.66. The molecule has 2 unspecified atom stereocenters. The molecule has 1 N–H and O–H groups in total. The normalized spacial score (nSPS) is 20.2. The molecule has 0 radical (unpaired) electrons. The van der Waals surface area contributed by atoms with Gasteiger partial charge in [-0.2, -0.15) is 0 Å². The molecule has 0 saturated heterocycles. The smallest absolute Gasteiger partial charge is 0.126 e. The van der Waals surface area contributed by atoms with E-state index in [-0.39, 0.29) is 5.82 Å². The van der Waals surface area contributed by atoms with Crippen molar-refractivity contribution in [1.29, 1.82) is 0 Å². The van der Waals surface area contributed by atoms with Crippen molar-refractivity contribution in [3.05, 3.63) is 35.6 Å². The van der Waals surface area contributed by atoms with Crippen LogP contribution in [0.15, 0.2) is 24.3 Å². The highest BCUT2D eigenvalue weighted by Gasteiger charge is 2.21. The first kappa shape index (κ1) is 14.5. The van der Waals surface area contributed by atoms with Gasteiger partial charge in [-0.25, -0.2) is 4.39 Å². The molecular formula is C17H26FN. The SMILES string of the molecule is CC(Cc1ccccc1F)NC(C)C1CCCCC1. The molecule has 1 aromatic rings. The van der Waals surface area contributed by atoms with Crippen molar-refractivity contribution in [3.8, 4) is 0 Å². The molecule has 1 saturated carbocycles. The summed E-state index contributed by atoms with van der Waals surface area (Å²) in [6, 6.07) is 7.97. The molecule has 1 aromatic carbocycles. The van der Waals surface area contributed by atoms with E-state index in [9.17, 15) is 4.39 Å². The van der Waals surface area contributed by atoms with Gasteiger partial charge >= 0.3 is 0 Å². The van der Waals surface area contributed by atoms with Crippen LogP contribution >= 0.6 is 0 Å². The van der Waals surface area contributed by atoms with Crippen molar-refractivity contribution in [1.82, 2.24) is 5.32 Å². The average molecular weight is 263 g/mol. The fourth-order valence-corrected chi connectivity index (χ4v) is 3.27. The lowest BCUT2D eigenvalue weighted by atomic mass is 9.84. The largest absolute Gasteiger partial charge is 0.311 e. The molecule has 19 heavy (non-hydrogen) atoms. The van der Waals surface area contributed by atoms with Gasteiger partial charge in [-0.05, 0) is 50.7 Å². The van der Waals surface area contributed by atoms with Gasteiger partial charge in [-0.3, -0.25) is 0 Å². The van der Waals surface area contributed by atoms with E-state index in [4.69, 9.17) is 0 Å². The Labute approximate surface area is 116 Å². The molecule has 2 atom stereocenters. The number of rotatable bonds is 5. The highest BCUT2D eigenvalue weighted by molar-refractivity contribution is 5.18. The van der Waals surface area contributed by atoms with Gasteiger partial charge in [0, 0.05) is 12.1 Å². The Morgan fingerprint density at radius 1 is 1.16 bits per heavy atom. The van der Waals surface area contributed by atoms with E-state index in [0.29, 0.717) is 12.1 Å². The number of nitrogens with one attached hydrogen (secondary N) is 1. The second-order valence-corrected chi connectivity index (χ2v) is 6.05. The Hall–Kier alpha value is -0.890. The molecule has 0 spiro atoms. The van der Waals surface area contributed by atoms with Gasteiger partial charge < -0.3 is 5.32 Å². The molecule has 0 aliphatic heterocycles. The third-order valence-electron chi connectivity index (χ3n) is 4.39.